The first-order chi connectivity index (χ1) is 15.9. The van der Waals surface area contributed by atoms with Crippen LogP contribution in [0.1, 0.15) is 39.5 Å². The van der Waals surface area contributed by atoms with Gasteiger partial charge in [-0.25, -0.2) is 4.98 Å². The molecule has 8 nitrogen and oxygen atoms in total. The summed E-state index contributed by atoms with van der Waals surface area (Å²) in [7, 11) is 1.84. The van der Waals surface area contributed by atoms with Crippen molar-refractivity contribution in [2.24, 2.45) is 5.41 Å². The Morgan fingerprint density at radius 1 is 1.09 bits per heavy atom. The number of morpholine rings is 1. The van der Waals surface area contributed by atoms with E-state index in [1.807, 2.05) is 20.9 Å². The van der Waals surface area contributed by atoms with Crippen LogP contribution in [-0.4, -0.2) is 61.8 Å². The minimum absolute atomic E-state index is 0.104. The molecule has 0 atom stereocenters. The Morgan fingerprint density at radius 2 is 1.79 bits per heavy atom. The highest BCUT2D eigenvalue weighted by Crippen LogP contribution is 2.40. The van der Waals surface area contributed by atoms with Crippen LogP contribution in [-0.2, 0) is 9.53 Å². The van der Waals surface area contributed by atoms with Crippen LogP contribution >= 0.6 is 0 Å². The lowest BCUT2D eigenvalue weighted by Crippen LogP contribution is -2.45. The third kappa shape index (κ3) is 4.36. The molecule has 2 aromatic rings. The Labute approximate surface area is 195 Å². The number of fused-ring (bicyclic) bond motifs is 1. The van der Waals surface area contributed by atoms with Crippen LogP contribution in [0.4, 0.5) is 28.8 Å². The third-order valence-corrected chi connectivity index (χ3v) is 7.10. The second-order valence-corrected chi connectivity index (χ2v) is 9.99. The quantitative estimate of drug-likeness (QED) is 0.759. The number of aromatic nitrogens is 2. The molecule has 3 aliphatic rings. The number of rotatable bonds is 4. The van der Waals surface area contributed by atoms with Gasteiger partial charge in [0.05, 0.1) is 24.8 Å². The molecule has 0 bridgehead atoms. The number of amides is 1. The topological polar surface area (TPSA) is 73.8 Å². The van der Waals surface area contributed by atoms with Crippen LogP contribution in [0.15, 0.2) is 30.5 Å². The minimum atomic E-state index is -0.485. The predicted molar refractivity (Wildman–Crippen MR) is 132 cm³/mol. The highest BCUT2D eigenvalue weighted by molar-refractivity contribution is 6.00. The van der Waals surface area contributed by atoms with E-state index in [-0.39, 0.29) is 5.91 Å². The molecule has 5 rings (SSSR count). The summed E-state index contributed by atoms with van der Waals surface area (Å²) < 4.78 is 5.45. The summed E-state index contributed by atoms with van der Waals surface area (Å²) in [5, 5.41) is 3.37. The zero-order valence-corrected chi connectivity index (χ0v) is 19.9. The van der Waals surface area contributed by atoms with Crippen LogP contribution in [0.2, 0.25) is 0 Å². The summed E-state index contributed by atoms with van der Waals surface area (Å²) in [6.45, 7) is 8.10. The van der Waals surface area contributed by atoms with Gasteiger partial charge in [-0.05, 0) is 51.0 Å². The number of carbonyl (C=O) groups is 1. The maximum atomic E-state index is 13.1. The van der Waals surface area contributed by atoms with Crippen molar-refractivity contribution in [2.45, 2.75) is 45.6 Å². The Kier molecular flexibility index (Phi) is 5.86. The molecule has 0 radical (unpaired) electrons. The largest absolute Gasteiger partial charge is 0.378 e. The first-order valence-electron chi connectivity index (χ1n) is 12.0. The van der Waals surface area contributed by atoms with Crippen molar-refractivity contribution in [3.63, 3.8) is 0 Å². The van der Waals surface area contributed by atoms with E-state index in [9.17, 15) is 4.79 Å². The van der Waals surface area contributed by atoms with E-state index in [1.165, 1.54) is 18.5 Å². The number of benzene rings is 1. The molecule has 33 heavy (non-hydrogen) atoms. The van der Waals surface area contributed by atoms with Gasteiger partial charge in [0.15, 0.2) is 5.82 Å². The van der Waals surface area contributed by atoms with Crippen LogP contribution in [0.5, 0.6) is 0 Å². The molecule has 1 saturated heterocycles. The Hall–Kier alpha value is -2.87. The lowest BCUT2D eigenvalue weighted by molar-refractivity contribution is -0.125. The predicted octanol–water partition coefficient (Wildman–Crippen LogP) is 3.81. The Balaban J connectivity index is 1.42. The normalized spacial score (nSPS) is 21.2. The average Bonchev–Trinajstić information content (AvgIpc) is 3.35. The van der Waals surface area contributed by atoms with Gasteiger partial charge in [0.1, 0.15) is 5.69 Å². The summed E-state index contributed by atoms with van der Waals surface area (Å²) in [6.07, 6.45) is 6.53. The van der Waals surface area contributed by atoms with E-state index in [0.29, 0.717) is 18.5 Å². The van der Waals surface area contributed by atoms with Crippen molar-refractivity contribution >= 4 is 34.7 Å². The van der Waals surface area contributed by atoms with Crippen molar-refractivity contribution in [2.75, 3.05) is 59.9 Å². The number of carbonyl (C=O) groups excluding carboxylic acids is 1. The van der Waals surface area contributed by atoms with Gasteiger partial charge in [-0.2, -0.15) is 4.98 Å². The summed E-state index contributed by atoms with van der Waals surface area (Å²) in [6, 6.07) is 8.78. The summed E-state index contributed by atoms with van der Waals surface area (Å²) >= 11 is 0. The van der Waals surface area contributed by atoms with Gasteiger partial charge >= 0.3 is 0 Å². The van der Waals surface area contributed by atoms with E-state index in [2.05, 4.69) is 44.4 Å². The van der Waals surface area contributed by atoms with Gasteiger partial charge in [-0.1, -0.05) is 12.8 Å². The Bertz CT molecular complexity index is 996. The van der Waals surface area contributed by atoms with Crippen molar-refractivity contribution in [3.8, 4) is 0 Å². The number of hydrogen-bond acceptors (Lipinski definition) is 7. The molecule has 1 aromatic carbocycles. The second kappa shape index (κ2) is 8.82. The number of anilines is 5. The van der Waals surface area contributed by atoms with Gasteiger partial charge in [-0.3, -0.25) is 4.79 Å². The fourth-order valence-electron chi connectivity index (χ4n) is 5.23. The zero-order chi connectivity index (χ0) is 23.0. The first kappa shape index (κ1) is 21.9. The highest BCUT2D eigenvalue weighted by Gasteiger charge is 2.41. The van der Waals surface area contributed by atoms with Gasteiger partial charge in [0, 0.05) is 44.1 Å². The van der Waals surface area contributed by atoms with Crippen molar-refractivity contribution < 1.29 is 9.53 Å². The molecule has 2 aliphatic heterocycles. The molecule has 3 heterocycles. The van der Waals surface area contributed by atoms with E-state index in [1.54, 1.807) is 11.1 Å². The number of nitrogens with one attached hydrogen (secondary N) is 1. The highest BCUT2D eigenvalue weighted by atomic mass is 16.5. The molecular weight excluding hydrogens is 416 g/mol. The summed E-state index contributed by atoms with van der Waals surface area (Å²) in [5.41, 5.74) is 2.44. The molecule has 1 saturated carbocycles. The summed E-state index contributed by atoms with van der Waals surface area (Å²) in [5.74, 6) is 1.51. The zero-order valence-electron chi connectivity index (χ0n) is 19.9. The van der Waals surface area contributed by atoms with Gasteiger partial charge in [0.2, 0.25) is 11.9 Å². The van der Waals surface area contributed by atoms with Crippen LogP contribution < -0.4 is 20.0 Å². The minimum Gasteiger partial charge on any atom is -0.378 e. The van der Waals surface area contributed by atoms with Crippen molar-refractivity contribution in [1.82, 2.24) is 9.97 Å². The first-order valence-corrected chi connectivity index (χ1v) is 12.0. The van der Waals surface area contributed by atoms with E-state index < -0.39 is 5.41 Å². The Morgan fingerprint density at radius 3 is 2.48 bits per heavy atom. The third-order valence-electron chi connectivity index (χ3n) is 7.10. The van der Waals surface area contributed by atoms with Gasteiger partial charge in [-0.15, -0.1) is 0 Å². The van der Waals surface area contributed by atoms with Gasteiger partial charge in [0.25, 0.3) is 0 Å². The van der Waals surface area contributed by atoms with Gasteiger partial charge < -0.3 is 24.8 Å². The maximum absolute atomic E-state index is 13.1. The molecule has 0 spiro atoms. The van der Waals surface area contributed by atoms with Crippen LogP contribution in [0.3, 0.4) is 0 Å². The van der Waals surface area contributed by atoms with E-state index in [0.717, 1.165) is 56.3 Å². The molecule has 1 aromatic heterocycles. The average molecular weight is 451 g/mol. The fraction of sp³-hybridized carbons (Fsp3) is 0.560. The molecule has 1 N–H and O–H groups in total. The maximum Gasteiger partial charge on any atom is 0.234 e. The molecule has 8 heteroatoms. The molecule has 1 aliphatic carbocycles. The molecular formula is C25H34N6O2. The molecule has 176 valence electrons. The van der Waals surface area contributed by atoms with E-state index >= 15 is 0 Å². The molecule has 1 amide bonds. The molecule has 2 fully saturated rings. The van der Waals surface area contributed by atoms with E-state index in [4.69, 9.17) is 9.72 Å². The SMILES string of the molecule is CN1C(=O)C(C)(C)CN(C2CCCC2)c2nc(Nc3ccc(N4CCOCC4)cc3)ncc21. The standard InChI is InChI=1S/C25H34N6O2/c1-25(2)17-31(20-6-4-5-7-20)22-21(29(3)23(25)32)16-26-24(28-22)27-18-8-10-19(11-9-18)30-12-14-33-15-13-30/h8-11,16,20H,4-7,12-15,17H2,1-3H3,(H,26,27,28). The number of hydrogen-bond donors (Lipinski definition) is 1. The fourth-order valence-corrected chi connectivity index (χ4v) is 5.23. The monoisotopic (exact) mass is 450 g/mol. The van der Waals surface area contributed by atoms with Crippen LogP contribution in [0, 0.1) is 5.41 Å². The smallest absolute Gasteiger partial charge is 0.234 e. The van der Waals surface area contributed by atoms with Crippen molar-refractivity contribution in [1.29, 1.82) is 0 Å². The summed E-state index contributed by atoms with van der Waals surface area (Å²) in [4.78, 5) is 29.1. The van der Waals surface area contributed by atoms with Crippen molar-refractivity contribution in [3.05, 3.63) is 30.5 Å². The lowest BCUT2D eigenvalue weighted by atomic mass is 9.91. The number of nitrogens with zero attached hydrogens (tertiary/aromatic N) is 5. The molecule has 0 unspecified atom stereocenters. The second-order valence-electron chi connectivity index (χ2n) is 9.99. The lowest BCUT2D eigenvalue weighted by Gasteiger charge is -2.34. The van der Waals surface area contributed by atoms with Crippen LogP contribution in [0.25, 0.3) is 0 Å². The number of ether oxygens (including phenoxy) is 1.